The van der Waals surface area contributed by atoms with E-state index in [0.717, 1.165) is 22.5 Å². The van der Waals surface area contributed by atoms with Crippen LogP contribution in [0.4, 0.5) is 5.13 Å². The summed E-state index contributed by atoms with van der Waals surface area (Å²) in [5.74, 6) is -0.184. The van der Waals surface area contributed by atoms with Crippen molar-refractivity contribution in [2.45, 2.75) is 20.8 Å². The number of aryl methyl sites for hydroxylation is 3. The van der Waals surface area contributed by atoms with Crippen LogP contribution in [0.1, 0.15) is 26.5 Å². The Kier molecular flexibility index (Phi) is 7.67. The van der Waals surface area contributed by atoms with Gasteiger partial charge in [0.2, 0.25) is 11.2 Å². The second-order valence-electron chi connectivity index (χ2n) is 8.38. The number of anilines is 1. The quantitative estimate of drug-likeness (QED) is 0.319. The zero-order valence-corrected chi connectivity index (χ0v) is 22.5. The Bertz CT molecular complexity index is 1610. The highest BCUT2D eigenvalue weighted by Gasteiger charge is 2.22. The van der Waals surface area contributed by atoms with Gasteiger partial charge in [0.25, 0.3) is 5.91 Å². The number of fused-ring (bicyclic) bond motifs is 1. The van der Waals surface area contributed by atoms with Crippen molar-refractivity contribution in [3.8, 4) is 28.6 Å². The molecule has 0 aliphatic heterocycles. The number of benzene rings is 2. The molecule has 2 aromatic carbocycles. The Labute approximate surface area is 222 Å². The standard InChI is InChI=1S/C27H26N2O8S/c1-13-9-14(2)21-19(10-13)37-23(16-7-8-17(33-4)18(11-16)34-5)24(22(21)31)36-12-20(30)29-27-28-15(3)25(38-27)26(32)35-6/h7-11H,12H2,1-6H3,(H,28,29,30). The van der Waals surface area contributed by atoms with E-state index in [1.54, 1.807) is 31.2 Å². The smallest absolute Gasteiger partial charge is 0.350 e. The molecule has 2 heterocycles. The van der Waals surface area contributed by atoms with Gasteiger partial charge in [0.1, 0.15) is 10.5 Å². The van der Waals surface area contributed by atoms with E-state index >= 15 is 0 Å². The van der Waals surface area contributed by atoms with Crippen LogP contribution in [0.5, 0.6) is 17.2 Å². The van der Waals surface area contributed by atoms with E-state index in [4.69, 9.17) is 23.4 Å². The lowest BCUT2D eigenvalue weighted by atomic mass is 10.0. The van der Waals surface area contributed by atoms with Crippen molar-refractivity contribution in [1.29, 1.82) is 0 Å². The molecule has 0 unspecified atom stereocenters. The molecule has 0 radical (unpaired) electrons. The number of methoxy groups -OCH3 is 3. The molecular formula is C27H26N2O8S. The average Bonchev–Trinajstić information content (AvgIpc) is 3.25. The molecule has 0 saturated carbocycles. The largest absolute Gasteiger partial charge is 0.493 e. The van der Waals surface area contributed by atoms with Crippen molar-refractivity contribution in [3.63, 3.8) is 0 Å². The molecule has 38 heavy (non-hydrogen) atoms. The third kappa shape index (κ3) is 5.18. The second-order valence-corrected chi connectivity index (χ2v) is 9.38. The molecule has 1 N–H and O–H groups in total. The number of carbonyl (C=O) groups excluding carboxylic acids is 2. The highest BCUT2D eigenvalue weighted by atomic mass is 32.1. The number of hydrogen-bond donors (Lipinski definition) is 1. The van der Waals surface area contributed by atoms with Crippen LogP contribution in [0.3, 0.4) is 0 Å². The molecule has 0 spiro atoms. The highest BCUT2D eigenvalue weighted by molar-refractivity contribution is 7.17. The molecule has 11 heteroatoms. The lowest BCUT2D eigenvalue weighted by Crippen LogP contribution is -2.22. The minimum atomic E-state index is -0.575. The Morgan fingerprint density at radius 2 is 1.76 bits per heavy atom. The molecule has 0 fully saturated rings. The van der Waals surface area contributed by atoms with Gasteiger partial charge in [-0.25, -0.2) is 9.78 Å². The Balaban J connectivity index is 1.72. The van der Waals surface area contributed by atoms with E-state index in [9.17, 15) is 14.4 Å². The monoisotopic (exact) mass is 538 g/mol. The van der Waals surface area contributed by atoms with E-state index in [2.05, 4.69) is 10.3 Å². The van der Waals surface area contributed by atoms with Crippen LogP contribution < -0.4 is 25.0 Å². The van der Waals surface area contributed by atoms with E-state index in [1.165, 1.54) is 21.3 Å². The Hall–Kier alpha value is -4.38. The number of rotatable bonds is 8. The van der Waals surface area contributed by atoms with Gasteiger partial charge in [0.05, 0.1) is 32.4 Å². The van der Waals surface area contributed by atoms with E-state index in [1.807, 2.05) is 19.9 Å². The molecular weight excluding hydrogens is 512 g/mol. The molecule has 10 nitrogen and oxygen atoms in total. The topological polar surface area (TPSA) is 126 Å². The predicted octanol–water partition coefficient (Wildman–Crippen LogP) is 4.66. The lowest BCUT2D eigenvalue weighted by Gasteiger charge is -2.14. The van der Waals surface area contributed by atoms with Crippen LogP contribution in [0.2, 0.25) is 0 Å². The van der Waals surface area contributed by atoms with Crippen molar-refractivity contribution in [2.24, 2.45) is 0 Å². The predicted molar refractivity (Wildman–Crippen MR) is 143 cm³/mol. The molecule has 4 rings (SSSR count). The maximum Gasteiger partial charge on any atom is 0.350 e. The fourth-order valence-electron chi connectivity index (χ4n) is 4.00. The summed E-state index contributed by atoms with van der Waals surface area (Å²) in [6.07, 6.45) is 0. The van der Waals surface area contributed by atoms with Crippen LogP contribution in [0, 0.1) is 20.8 Å². The summed E-state index contributed by atoms with van der Waals surface area (Å²) >= 11 is 0.979. The fourth-order valence-corrected chi connectivity index (χ4v) is 4.90. The molecule has 0 aliphatic rings. The van der Waals surface area contributed by atoms with Crippen molar-refractivity contribution < 1.29 is 33.0 Å². The molecule has 198 valence electrons. The van der Waals surface area contributed by atoms with Gasteiger partial charge in [-0.2, -0.15) is 0 Å². The third-order valence-electron chi connectivity index (χ3n) is 5.70. The normalized spacial score (nSPS) is 10.8. The van der Waals surface area contributed by atoms with Gasteiger partial charge < -0.3 is 23.4 Å². The first-order valence-electron chi connectivity index (χ1n) is 11.5. The maximum atomic E-state index is 13.6. The number of nitrogens with one attached hydrogen (secondary N) is 1. The van der Waals surface area contributed by atoms with Crippen molar-refractivity contribution >= 4 is 39.3 Å². The first kappa shape index (κ1) is 26.7. The number of thiazole rings is 1. The van der Waals surface area contributed by atoms with Gasteiger partial charge >= 0.3 is 5.97 Å². The van der Waals surface area contributed by atoms with Crippen LogP contribution in [0.15, 0.2) is 39.5 Å². The van der Waals surface area contributed by atoms with Gasteiger partial charge in [-0.05, 0) is 56.2 Å². The fraction of sp³-hybridized carbons (Fsp3) is 0.259. The summed E-state index contributed by atoms with van der Waals surface area (Å²) in [5, 5.41) is 3.14. The van der Waals surface area contributed by atoms with Gasteiger partial charge in [0, 0.05) is 5.56 Å². The van der Waals surface area contributed by atoms with Crippen molar-refractivity contribution in [1.82, 2.24) is 4.98 Å². The number of hydrogen-bond acceptors (Lipinski definition) is 10. The number of aromatic nitrogens is 1. The SMILES string of the molecule is COC(=O)c1sc(NC(=O)COc2c(-c3ccc(OC)c(OC)c3)oc3cc(C)cc(C)c3c2=O)nc1C. The van der Waals surface area contributed by atoms with Crippen LogP contribution >= 0.6 is 11.3 Å². The van der Waals surface area contributed by atoms with Crippen LogP contribution in [-0.2, 0) is 9.53 Å². The molecule has 2 aromatic heterocycles. The summed E-state index contributed by atoms with van der Waals surface area (Å²) in [5.41, 5.74) is 2.54. The van der Waals surface area contributed by atoms with Crippen molar-refractivity contribution in [2.75, 3.05) is 33.3 Å². The lowest BCUT2D eigenvalue weighted by molar-refractivity contribution is -0.118. The van der Waals surface area contributed by atoms with E-state index in [-0.39, 0.29) is 21.5 Å². The first-order valence-corrected chi connectivity index (χ1v) is 12.3. The van der Waals surface area contributed by atoms with E-state index < -0.39 is 23.9 Å². The van der Waals surface area contributed by atoms with E-state index in [0.29, 0.717) is 33.7 Å². The zero-order chi connectivity index (χ0) is 27.6. The van der Waals surface area contributed by atoms with Gasteiger partial charge in [0.15, 0.2) is 29.0 Å². The van der Waals surface area contributed by atoms with Crippen molar-refractivity contribution in [3.05, 3.63) is 62.3 Å². The molecule has 0 aliphatic carbocycles. The van der Waals surface area contributed by atoms with Gasteiger partial charge in [-0.15, -0.1) is 0 Å². The number of nitrogens with zero attached hydrogens (tertiary/aromatic N) is 1. The van der Waals surface area contributed by atoms with Crippen LogP contribution in [0.25, 0.3) is 22.3 Å². The molecule has 1 amide bonds. The average molecular weight is 539 g/mol. The maximum absolute atomic E-state index is 13.6. The summed E-state index contributed by atoms with van der Waals surface area (Å²) in [7, 11) is 4.28. The highest BCUT2D eigenvalue weighted by Crippen LogP contribution is 2.37. The van der Waals surface area contributed by atoms with Gasteiger partial charge in [-0.1, -0.05) is 17.4 Å². The molecule has 0 saturated heterocycles. The summed E-state index contributed by atoms with van der Waals surface area (Å²) in [6, 6.07) is 8.68. The Morgan fingerprint density at radius 1 is 1.03 bits per heavy atom. The minimum Gasteiger partial charge on any atom is -0.493 e. The zero-order valence-electron chi connectivity index (χ0n) is 21.7. The molecule has 0 bridgehead atoms. The van der Waals surface area contributed by atoms with Crippen LogP contribution in [-0.4, -0.2) is 44.8 Å². The third-order valence-corrected chi connectivity index (χ3v) is 6.76. The number of carbonyl (C=O) groups is 2. The number of ether oxygens (including phenoxy) is 4. The minimum absolute atomic E-state index is 0.127. The summed E-state index contributed by atoms with van der Waals surface area (Å²) in [4.78, 5) is 42.6. The Morgan fingerprint density at radius 3 is 2.45 bits per heavy atom. The second kappa shape index (κ2) is 10.9. The number of esters is 1. The first-order chi connectivity index (χ1) is 18.2. The summed E-state index contributed by atoms with van der Waals surface area (Å²) in [6.45, 7) is 4.84. The molecule has 4 aromatic rings. The van der Waals surface area contributed by atoms with Gasteiger partial charge in [-0.3, -0.25) is 14.9 Å². The molecule has 0 atom stereocenters. The summed E-state index contributed by atoms with van der Waals surface area (Å²) < 4.78 is 27.4. The number of amides is 1.